The molecule has 1 N–H and O–H groups in total. The van der Waals surface area contributed by atoms with E-state index in [1.807, 2.05) is 12.4 Å². The Hall–Kier alpha value is -1.79. The fourth-order valence-corrected chi connectivity index (χ4v) is 2.97. The third-order valence-electron chi connectivity index (χ3n) is 3.51. The zero-order valence-corrected chi connectivity index (χ0v) is 12.4. The highest BCUT2D eigenvalue weighted by molar-refractivity contribution is 7.03. The molecule has 104 valence electrons. The van der Waals surface area contributed by atoms with Crippen molar-refractivity contribution in [3.05, 3.63) is 41.0 Å². The Morgan fingerprint density at radius 3 is 2.90 bits per heavy atom. The number of rotatable bonds is 5. The van der Waals surface area contributed by atoms with Crippen LogP contribution in [0.5, 0.6) is 0 Å². The summed E-state index contributed by atoms with van der Waals surface area (Å²) in [4.78, 5) is 0. The summed E-state index contributed by atoms with van der Waals surface area (Å²) in [5.74, 6) is 0. The molecule has 0 bridgehead atoms. The van der Waals surface area contributed by atoms with Crippen LogP contribution in [0.4, 0.5) is 0 Å². The molecule has 0 saturated carbocycles. The van der Waals surface area contributed by atoms with E-state index >= 15 is 0 Å². The Labute approximate surface area is 121 Å². The fourth-order valence-electron chi connectivity index (χ4n) is 2.46. The van der Waals surface area contributed by atoms with Crippen molar-refractivity contribution >= 4 is 22.4 Å². The normalized spacial score (nSPS) is 12.9. The molecule has 2 heterocycles. The van der Waals surface area contributed by atoms with E-state index in [4.69, 9.17) is 5.10 Å². The maximum absolute atomic E-state index is 4.74. The van der Waals surface area contributed by atoms with E-state index in [9.17, 15) is 0 Å². The van der Waals surface area contributed by atoms with Gasteiger partial charge >= 0.3 is 0 Å². The van der Waals surface area contributed by atoms with Crippen LogP contribution in [0.25, 0.3) is 10.9 Å². The molecule has 20 heavy (non-hydrogen) atoms. The van der Waals surface area contributed by atoms with Gasteiger partial charge in [-0.05, 0) is 31.6 Å². The van der Waals surface area contributed by atoms with Gasteiger partial charge in [0.15, 0.2) is 0 Å². The number of nitrogens with one attached hydrogen (secondary N) is 1. The lowest BCUT2D eigenvalue weighted by Gasteiger charge is -2.11. The first-order chi connectivity index (χ1) is 9.83. The first kappa shape index (κ1) is 13.2. The highest BCUT2D eigenvalue weighted by Gasteiger charge is 2.17. The molecule has 1 aromatic carbocycles. The molecular weight excluding hydrogens is 270 g/mol. The fraction of sp³-hybridized carbons (Fsp3) is 0.357. The van der Waals surface area contributed by atoms with Crippen molar-refractivity contribution in [1.29, 1.82) is 0 Å². The number of fused-ring (bicyclic) bond motifs is 1. The van der Waals surface area contributed by atoms with Crippen molar-refractivity contribution in [2.45, 2.75) is 25.9 Å². The number of aromatic nitrogens is 4. The molecule has 6 heteroatoms. The van der Waals surface area contributed by atoms with E-state index in [1.165, 1.54) is 22.4 Å². The Kier molecular flexibility index (Phi) is 3.75. The van der Waals surface area contributed by atoms with E-state index in [0.29, 0.717) is 0 Å². The molecule has 0 fully saturated rings. The van der Waals surface area contributed by atoms with Crippen LogP contribution >= 0.6 is 11.5 Å². The van der Waals surface area contributed by atoms with Gasteiger partial charge < -0.3 is 5.32 Å². The number of hydrogen-bond acceptors (Lipinski definition) is 5. The Balaban J connectivity index is 1.98. The maximum atomic E-state index is 4.74. The van der Waals surface area contributed by atoms with Gasteiger partial charge in [0, 0.05) is 23.7 Å². The summed E-state index contributed by atoms with van der Waals surface area (Å²) in [5.41, 5.74) is 3.28. The van der Waals surface area contributed by atoms with Crippen LogP contribution in [-0.2, 0) is 13.0 Å². The number of aryl methyl sites for hydroxylation is 1. The molecule has 2 aromatic heterocycles. The third kappa shape index (κ3) is 2.32. The lowest BCUT2D eigenvalue weighted by molar-refractivity contribution is 0.558. The van der Waals surface area contributed by atoms with Gasteiger partial charge in [-0.3, -0.25) is 4.68 Å². The van der Waals surface area contributed by atoms with Gasteiger partial charge in [0.05, 0.1) is 22.9 Å². The van der Waals surface area contributed by atoms with Crippen LogP contribution in [0.1, 0.15) is 24.4 Å². The predicted molar refractivity (Wildman–Crippen MR) is 80.8 cm³/mol. The van der Waals surface area contributed by atoms with E-state index in [-0.39, 0.29) is 6.04 Å². The van der Waals surface area contributed by atoms with E-state index in [2.05, 4.69) is 50.8 Å². The minimum Gasteiger partial charge on any atom is -0.311 e. The first-order valence-corrected chi connectivity index (χ1v) is 7.55. The number of likely N-dealkylation sites (N-methyl/N-ethyl adjacent to an activating group) is 1. The molecule has 1 atom stereocenters. The molecular formula is C14H17N5S. The largest absolute Gasteiger partial charge is 0.311 e. The molecule has 3 aromatic rings. The molecule has 5 nitrogen and oxygen atoms in total. The summed E-state index contributed by atoms with van der Waals surface area (Å²) in [6.07, 6.45) is 0.815. The number of nitrogens with zero attached hydrogens (tertiary/aromatic N) is 4. The predicted octanol–water partition coefficient (Wildman–Crippen LogP) is 2.41. The smallest absolute Gasteiger partial charge is 0.0928 e. The molecule has 1 unspecified atom stereocenters. The van der Waals surface area contributed by atoms with E-state index in [1.54, 1.807) is 0 Å². The molecule has 0 radical (unpaired) electrons. The molecule has 0 aliphatic heterocycles. The monoisotopic (exact) mass is 287 g/mol. The standard InChI is InChI=1S/C14H17N5S/c1-3-19-14-7-5-4-6-10(14)11(17-19)8-12(15-2)13-9-20-18-16-13/h4-7,9,12,15H,3,8H2,1-2H3. The average molecular weight is 287 g/mol. The van der Waals surface area contributed by atoms with E-state index < -0.39 is 0 Å². The second kappa shape index (κ2) is 5.68. The molecule has 0 amide bonds. The van der Waals surface area contributed by atoms with Crippen LogP contribution in [0.2, 0.25) is 0 Å². The quantitative estimate of drug-likeness (QED) is 0.783. The summed E-state index contributed by atoms with van der Waals surface area (Å²) in [7, 11) is 1.95. The SMILES string of the molecule is CCn1nc(CC(NC)c2csnn2)c2ccccc21. The highest BCUT2D eigenvalue weighted by Crippen LogP contribution is 2.23. The van der Waals surface area contributed by atoms with Gasteiger partial charge in [-0.2, -0.15) is 5.10 Å². The van der Waals surface area contributed by atoms with Gasteiger partial charge in [-0.25, -0.2) is 0 Å². The third-order valence-corrected chi connectivity index (χ3v) is 4.04. The summed E-state index contributed by atoms with van der Waals surface area (Å²) < 4.78 is 5.99. The first-order valence-electron chi connectivity index (χ1n) is 6.72. The number of para-hydroxylation sites is 1. The molecule has 0 saturated heterocycles. The summed E-state index contributed by atoms with van der Waals surface area (Å²) >= 11 is 1.38. The number of benzene rings is 1. The van der Waals surface area contributed by atoms with Crippen molar-refractivity contribution < 1.29 is 0 Å². The summed E-state index contributed by atoms with van der Waals surface area (Å²) in [5, 5.41) is 15.4. The topological polar surface area (TPSA) is 55.6 Å². The van der Waals surface area contributed by atoms with Crippen molar-refractivity contribution in [3.63, 3.8) is 0 Å². The summed E-state index contributed by atoms with van der Waals surface area (Å²) in [6, 6.07) is 8.52. The Morgan fingerprint density at radius 2 is 2.20 bits per heavy atom. The van der Waals surface area contributed by atoms with Crippen molar-refractivity contribution in [1.82, 2.24) is 24.7 Å². The summed E-state index contributed by atoms with van der Waals surface area (Å²) in [6.45, 7) is 2.99. The Morgan fingerprint density at radius 1 is 1.35 bits per heavy atom. The lowest BCUT2D eigenvalue weighted by atomic mass is 10.1. The second-order valence-electron chi connectivity index (χ2n) is 4.65. The zero-order chi connectivity index (χ0) is 13.9. The van der Waals surface area contributed by atoms with Crippen LogP contribution in [0.15, 0.2) is 29.6 Å². The van der Waals surface area contributed by atoms with E-state index in [0.717, 1.165) is 24.4 Å². The Bertz CT molecular complexity index is 689. The van der Waals surface area contributed by atoms with Crippen molar-refractivity contribution in [2.24, 2.45) is 0 Å². The average Bonchev–Trinajstić information content (AvgIpc) is 3.13. The minimum atomic E-state index is 0.150. The van der Waals surface area contributed by atoms with Crippen molar-refractivity contribution in [2.75, 3.05) is 7.05 Å². The molecule has 0 aliphatic rings. The van der Waals surface area contributed by atoms with Gasteiger partial charge in [0.25, 0.3) is 0 Å². The van der Waals surface area contributed by atoms with Crippen LogP contribution in [0, 0.1) is 0 Å². The molecule has 3 rings (SSSR count). The van der Waals surface area contributed by atoms with Gasteiger partial charge in [0.1, 0.15) is 0 Å². The van der Waals surface area contributed by atoms with Gasteiger partial charge in [-0.15, -0.1) is 5.10 Å². The van der Waals surface area contributed by atoms with Crippen LogP contribution < -0.4 is 5.32 Å². The minimum absolute atomic E-state index is 0.150. The number of hydrogen-bond donors (Lipinski definition) is 1. The maximum Gasteiger partial charge on any atom is 0.0928 e. The van der Waals surface area contributed by atoms with Crippen molar-refractivity contribution in [3.8, 4) is 0 Å². The lowest BCUT2D eigenvalue weighted by Crippen LogP contribution is -2.19. The van der Waals surface area contributed by atoms with Crippen LogP contribution in [0.3, 0.4) is 0 Å². The van der Waals surface area contributed by atoms with Crippen LogP contribution in [-0.4, -0.2) is 26.4 Å². The molecule has 0 aliphatic carbocycles. The molecule has 0 spiro atoms. The van der Waals surface area contributed by atoms with Gasteiger partial charge in [-0.1, -0.05) is 22.7 Å². The highest BCUT2D eigenvalue weighted by atomic mass is 32.1. The van der Waals surface area contributed by atoms with Gasteiger partial charge in [0.2, 0.25) is 0 Å². The zero-order valence-electron chi connectivity index (χ0n) is 11.6. The second-order valence-corrected chi connectivity index (χ2v) is 5.26.